The van der Waals surface area contributed by atoms with Crippen LogP contribution in [0.2, 0.25) is 0 Å². The normalized spacial score (nSPS) is 21.1. The maximum atomic E-state index is 11.2. The molecule has 8 heteroatoms. The van der Waals surface area contributed by atoms with Crippen LogP contribution in [0.25, 0.3) is 0 Å². The van der Waals surface area contributed by atoms with Gasteiger partial charge in [-0.1, -0.05) is 19.8 Å². The highest BCUT2D eigenvalue weighted by atomic mass is 32.2. The van der Waals surface area contributed by atoms with E-state index in [1.54, 1.807) is 0 Å². The Morgan fingerprint density at radius 2 is 1.79 bits per heavy atom. The van der Waals surface area contributed by atoms with Crippen molar-refractivity contribution in [3.05, 3.63) is 0 Å². The molecule has 0 radical (unpaired) electrons. The second-order valence-corrected chi connectivity index (χ2v) is 7.17. The maximum absolute atomic E-state index is 11.2. The van der Waals surface area contributed by atoms with Crippen LogP contribution in [0, 0.1) is 0 Å². The van der Waals surface area contributed by atoms with Crippen LogP contribution in [0.3, 0.4) is 0 Å². The molecule has 0 spiro atoms. The number of nitrogens with two attached hydrogens (primary N) is 1. The molecule has 0 aliphatic carbocycles. The van der Waals surface area contributed by atoms with Gasteiger partial charge in [0.2, 0.25) is 11.8 Å². The molecule has 2 saturated heterocycles. The third-order valence-corrected chi connectivity index (χ3v) is 5.08. The molecule has 24 heavy (non-hydrogen) atoms. The summed E-state index contributed by atoms with van der Waals surface area (Å²) in [6.07, 6.45) is 5.75. The van der Waals surface area contributed by atoms with Gasteiger partial charge in [0.05, 0.1) is 12.1 Å². The van der Waals surface area contributed by atoms with Crippen molar-refractivity contribution in [3.8, 4) is 0 Å². The summed E-state index contributed by atoms with van der Waals surface area (Å²) in [5.74, 6) is 2.03. The van der Waals surface area contributed by atoms with Crippen molar-refractivity contribution in [2.75, 3.05) is 18.1 Å². The van der Waals surface area contributed by atoms with Gasteiger partial charge in [0, 0.05) is 30.9 Å². The lowest BCUT2D eigenvalue weighted by Crippen LogP contribution is -2.31. The summed E-state index contributed by atoms with van der Waals surface area (Å²) in [6, 6.07) is 0.815. The van der Waals surface area contributed by atoms with Crippen molar-refractivity contribution in [1.82, 2.24) is 16.0 Å². The summed E-state index contributed by atoms with van der Waals surface area (Å²) in [6.45, 7) is 2.78. The lowest BCUT2D eigenvalue weighted by Gasteiger charge is -2.03. The Kier molecular flexibility index (Phi) is 10.3. The zero-order valence-electron chi connectivity index (χ0n) is 14.4. The summed E-state index contributed by atoms with van der Waals surface area (Å²) < 4.78 is 0. The standard InChI is InChI=1S/C11H22N2O2.C5H8N2OS/c1-2-3-8-11(15)13-9-6-4-5-7-10(12)14;8-5-6-3-1-9-2-4(3)7-5/h2-9H2,1H3,(H2,12,14)(H,13,15);3-4H,1-2H2,(H2,6,7,8). The fourth-order valence-electron chi connectivity index (χ4n) is 2.47. The smallest absolute Gasteiger partial charge is 0.315 e. The first kappa shape index (κ1) is 20.6. The molecule has 2 heterocycles. The average Bonchev–Trinajstić information content (AvgIpc) is 3.09. The number of urea groups is 1. The van der Waals surface area contributed by atoms with E-state index in [1.165, 1.54) is 0 Å². The molecule has 0 saturated carbocycles. The van der Waals surface area contributed by atoms with Crippen molar-refractivity contribution in [1.29, 1.82) is 0 Å². The minimum absolute atomic E-state index is 0.00491. The molecule has 0 aromatic carbocycles. The minimum atomic E-state index is -0.248. The first-order chi connectivity index (χ1) is 11.5. The fourth-order valence-corrected chi connectivity index (χ4v) is 3.75. The third-order valence-electron chi connectivity index (χ3n) is 3.89. The minimum Gasteiger partial charge on any atom is -0.370 e. The average molecular weight is 359 g/mol. The number of hydrogen-bond donors (Lipinski definition) is 4. The number of nitrogens with one attached hydrogen (secondary N) is 3. The number of unbranched alkanes of at least 4 members (excludes halogenated alkanes) is 3. The second kappa shape index (κ2) is 12.0. The van der Waals surface area contributed by atoms with Crippen LogP contribution < -0.4 is 21.7 Å². The van der Waals surface area contributed by atoms with Crippen LogP contribution in [-0.2, 0) is 9.59 Å². The molecule has 2 rings (SSSR count). The van der Waals surface area contributed by atoms with E-state index >= 15 is 0 Å². The molecule has 2 aliphatic heterocycles. The van der Waals surface area contributed by atoms with Crippen LogP contribution in [0.1, 0.15) is 51.9 Å². The Hall–Kier alpha value is -1.44. The number of amides is 4. The molecule has 4 amide bonds. The zero-order chi connectivity index (χ0) is 17.8. The number of primary amides is 1. The molecule has 7 nitrogen and oxygen atoms in total. The van der Waals surface area contributed by atoms with Crippen LogP contribution in [0.15, 0.2) is 0 Å². The van der Waals surface area contributed by atoms with Crippen LogP contribution in [0.5, 0.6) is 0 Å². The Morgan fingerprint density at radius 1 is 1.12 bits per heavy atom. The predicted molar refractivity (Wildman–Crippen MR) is 96.8 cm³/mol. The Balaban J connectivity index is 0.000000267. The lowest BCUT2D eigenvalue weighted by molar-refractivity contribution is -0.121. The molecule has 2 unspecified atom stereocenters. The topological polar surface area (TPSA) is 113 Å². The van der Waals surface area contributed by atoms with Crippen molar-refractivity contribution in [2.24, 2.45) is 5.73 Å². The fraction of sp³-hybridized carbons (Fsp3) is 0.812. The van der Waals surface area contributed by atoms with Crippen molar-refractivity contribution < 1.29 is 14.4 Å². The second-order valence-electron chi connectivity index (χ2n) is 6.10. The van der Waals surface area contributed by atoms with Gasteiger partial charge in [-0.2, -0.15) is 11.8 Å². The number of fused-ring (bicyclic) bond motifs is 1. The van der Waals surface area contributed by atoms with E-state index < -0.39 is 0 Å². The number of hydrogen-bond acceptors (Lipinski definition) is 4. The van der Waals surface area contributed by atoms with Crippen LogP contribution in [0.4, 0.5) is 4.79 Å². The Morgan fingerprint density at radius 3 is 2.38 bits per heavy atom. The summed E-state index contributed by atoms with van der Waals surface area (Å²) in [5.41, 5.74) is 5.00. The third kappa shape index (κ3) is 9.00. The molecule has 5 N–H and O–H groups in total. The molecule has 0 aromatic heterocycles. The van der Waals surface area contributed by atoms with Gasteiger partial charge in [0.1, 0.15) is 0 Å². The SMILES string of the molecule is CCCCC(=O)NCCCCCC(N)=O.O=C1NC2CSCC2N1. The summed E-state index contributed by atoms with van der Waals surface area (Å²) in [7, 11) is 0. The molecule has 138 valence electrons. The number of thioether (sulfide) groups is 1. The highest BCUT2D eigenvalue weighted by Gasteiger charge is 2.35. The molecule has 2 aliphatic rings. The van der Waals surface area contributed by atoms with Crippen LogP contribution in [-0.4, -0.2) is 48.0 Å². The number of rotatable bonds is 9. The molecular formula is C16H30N4O3S. The summed E-state index contributed by atoms with van der Waals surface area (Å²) in [5, 5.41) is 8.54. The lowest BCUT2D eigenvalue weighted by atomic mass is 10.2. The molecular weight excluding hydrogens is 328 g/mol. The highest BCUT2D eigenvalue weighted by Crippen LogP contribution is 2.20. The maximum Gasteiger partial charge on any atom is 0.315 e. The Labute approximate surface area is 148 Å². The van der Waals surface area contributed by atoms with Gasteiger partial charge in [-0.3, -0.25) is 9.59 Å². The van der Waals surface area contributed by atoms with Crippen molar-refractivity contribution in [2.45, 2.75) is 64.0 Å². The van der Waals surface area contributed by atoms with Gasteiger partial charge in [0.15, 0.2) is 0 Å². The number of carbonyl (C=O) groups is 3. The van der Waals surface area contributed by atoms with Gasteiger partial charge >= 0.3 is 6.03 Å². The quantitative estimate of drug-likeness (QED) is 0.365. The summed E-state index contributed by atoms with van der Waals surface area (Å²) >= 11 is 1.89. The molecule has 2 atom stereocenters. The van der Waals surface area contributed by atoms with E-state index in [9.17, 15) is 14.4 Å². The van der Waals surface area contributed by atoms with E-state index in [4.69, 9.17) is 5.73 Å². The van der Waals surface area contributed by atoms with Gasteiger partial charge in [-0.25, -0.2) is 4.79 Å². The van der Waals surface area contributed by atoms with Gasteiger partial charge < -0.3 is 21.7 Å². The van der Waals surface area contributed by atoms with Crippen molar-refractivity contribution in [3.63, 3.8) is 0 Å². The van der Waals surface area contributed by atoms with E-state index in [1.807, 2.05) is 11.8 Å². The highest BCUT2D eigenvalue weighted by molar-refractivity contribution is 7.99. The predicted octanol–water partition coefficient (Wildman–Crippen LogP) is 1.12. The van der Waals surface area contributed by atoms with E-state index in [-0.39, 0.29) is 17.8 Å². The molecule has 0 bridgehead atoms. The van der Waals surface area contributed by atoms with E-state index in [0.29, 0.717) is 31.5 Å². The van der Waals surface area contributed by atoms with Gasteiger partial charge in [-0.15, -0.1) is 0 Å². The van der Waals surface area contributed by atoms with Gasteiger partial charge in [-0.05, 0) is 19.3 Å². The largest absolute Gasteiger partial charge is 0.370 e. The summed E-state index contributed by atoms with van der Waals surface area (Å²) in [4.78, 5) is 32.2. The van der Waals surface area contributed by atoms with Gasteiger partial charge in [0.25, 0.3) is 0 Å². The molecule has 0 aromatic rings. The van der Waals surface area contributed by atoms with Crippen molar-refractivity contribution >= 4 is 29.6 Å². The van der Waals surface area contributed by atoms with E-state index in [2.05, 4.69) is 22.9 Å². The first-order valence-corrected chi connectivity index (χ1v) is 9.88. The molecule has 2 fully saturated rings. The van der Waals surface area contributed by atoms with E-state index in [0.717, 1.165) is 43.6 Å². The monoisotopic (exact) mass is 358 g/mol. The Bertz CT molecular complexity index is 406. The number of carbonyl (C=O) groups excluding carboxylic acids is 3. The van der Waals surface area contributed by atoms with Crippen LogP contribution >= 0.6 is 11.8 Å². The zero-order valence-corrected chi connectivity index (χ0v) is 15.3. The first-order valence-electron chi connectivity index (χ1n) is 8.72.